The molecule has 2 amide bonds. The van der Waals surface area contributed by atoms with E-state index >= 15 is 0 Å². The zero-order valence-corrected chi connectivity index (χ0v) is 20.5. The molecule has 168 valence electrons. The van der Waals surface area contributed by atoms with Crippen LogP contribution in [0.25, 0.3) is 0 Å². The minimum absolute atomic E-state index is 0.0671. The van der Waals surface area contributed by atoms with Crippen LogP contribution in [0, 0.1) is 6.92 Å². The fraction of sp³-hybridized carbons (Fsp3) is 0.440. The summed E-state index contributed by atoms with van der Waals surface area (Å²) in [4.78, 5) is 28.0. The Balaban J connectivity index is 2.25. The van der Waals surface area contributed by atoms with Gasteiger partial charge in [-0.3, -0.25) is 9.59 Å². The molecule has 2 rings (SSSR count). The highest BCUT2D eigenvalue weighted by atomic mass is 35.5. The van der Waals surface area contributed by atoms with Crippen molar-refractivity contribution in [1.82, 2.24) is 10.2 Å². The first-order valence-electron chi connectivity index (χ1n) is 10.6. The molecule has 31 heavy (non-hydrogen) atoms. The van der Waals surface area contributed by atoms with Crippen LogP contribution in [0.1, 0.15) is 57.2 Å². The molecule has 0 fully saturated rings. The molecule has 0 aliphatic rings. The highest BCUT2D eigenvalue weighted by molar-refractivity contribution is 6.42. The first kappa shape index (κ1) is 25.2. The van der Waals surface area contributed by atoms with E-state index in [2.05, 4.69) is 5.32 Å². The van der Waals surface area contributed by atoms with E-state index in [1.54, 1.807) is 17.0 Å². The van der Waals surface area contributed by atoms with Crippen molar-refractivity contribution in [2.45, 2.75) is 72.0 Å². The Hall–Kier alpha value is -2.04. The molecule has 0 unspecified atom stereocenters. The van der Waals surface area contributed by atoms with E-state index in [1.807, 2.05) is 65.0 Å². The molecule has 4 nitrogen and oxygen atoms in total. The minimum atomic E-state index is -0.570. The van der Waals surface area contributed by atoms with Gasteiger partial charge in [-0.05, 0) is 63.8 Å². The van der Waals surface area contributed by atoms with E-state index in [1.165, 1.54) is 5.56 Å². The second-order valence-electron chi connectivity index (χ2n) is 8.92. The lowest BCUT2D eigenvalue weighted by Gasteiger charge is -2.33. The van der Waals surface area contributed by atoms with Crippen molar-refractivity contribution < 1.29 is 9.59 Å². The number of amides is 2. The lowest BCUT2D eigenvalue weighted by atomic mass is 10.0. The summed E-state index contributed by atoms with van der Waals surface area (Å²) in [6.07, 6.45) is 1.46. The monoisotopic (exact) mass is 462 g/mol. The third-order valence-corrected chi connectivity index (χ3v) is 5.71. The highest BCUT2D eigenvalue weighted by Gasteiger charge is 2.30. The third kappa shape index (κ3) is 7.86. The predicted molar refractivity (Wildman–Crippen MR) is 128 cm³/mol. The molecule has 0 heterocycles. The van der Waals surface area contributed by atoms with Gasteiger partial charge in [0.25, 0.3) is 0 Å². The maximum atomic E-state index is 13.3. The Morgan fingerprint density at radius 1 is 1.00 bits per heavy atom. The minimum Gasteiger partial charge on any atom is -0.350 e. The second kappa shape index (κ2) is 11.0. The number of aryl methyl sites for hydroxylation is 2. The van der Waals surface area contributed by atoms with Crippen LogP contribution in [0.2, 0.25) is 10.0 Å². The summed E-state index contributed by atoms with van der Waals surface area (Å²) < 4.78 is 0. The van der Waals surface area contributed by atoms with Gasteiger partial charge in [-0.25, -0.2) is 0 Å². The van der Waals surface area contributed by atoms with Gasteiger partial charge in [0.2, 0.25) is 11.8 Å². The van der Waals surface area contributed by atoms with E-state index in [0.717, 1.165) is 11.1 Å². The van der Waals surface area contributed by atoms with Crippen LogP contribution in [0.5, 0.6) is 0 Å². The number of hydrogen-bond acceptors (Lipinski definition) is 2. The first-order valence-corrected chi connectivity index (χ1v) is 11.4. The molecule has 1 N–H and O–H groups in total. The van der Waals surface area contributed by atoms with Crippen LogP contribution < -0.4 is 5.32 Å². The zero-order valence-electron chi connectivity index (χ0n) is 19.0. The Kier molecular flexibility index (Phi) is 8.96. The van der Waals surface area contributed by atoms with Gasteiger partial charge in [-0.2, -0.15) is 0 Å². The van der Waals surface area contributed by atoms with Crippen molar-refractivity contribution >= 4 is 35.0 Å². The standard InChI is InChI=1S/C25H32Cl2N2O2/c1-6-22(24(31)28-25(3,4)5)29(16-19-11-13-20(26)21(27)15-19)23(30)14-12-18-9-7-17(2)8-10-18/h7-11,13,15,22H,6,12,14,16H2,1-5H3,(H,28,31)/t22-/m0/s1. The molecule has 0 aromatic heterocycles. The van der Waals surface area contributed by atoms with Crippen LogP contribution in [0.15, 0.2) is 42.5 Å². The quantitative estimate of drug-likeness (QED) is 0.526. The molecule has 0 spiro atoms. The van der Waals surface area contributed by atoms with Gasteiger partial charge in [0.05, 0.1) is 10.0 Å². The molecular formula is C25H32Cl2N2O2. The van der Waals surface area contributed by atoms with E-state index in [9.17, 15) is 9.59 Å². The van der Waals surface area contributed by atoms with E-state index in [-0.39, 0.29) is 17.4 Å². The Bertz CT molecular complexity index is 905. The third-order valence-electron chi connectivity index (χ3n) is 4.97. The van der Waals surface area contributed by atoms with Crippen molar-refractivity contribution in [2.24, 2.45) is 0 Å². The van der Waals surface area contributed by atoms with Crippen molar-refractivity contribution in [1.29, 1.82) is 0 Å². The summed E-state index contributed by atoms with van der Waals surface area (Å²) in [7, 11) is 0. The number of carbonyl (C=O) groups excluding carboxylic acids is 2. The average Bonchev–Trinajstić information content (AvgIpc) is 2.68. The Morgan fingerprint density at radius 3 is 2.16 bits per heavy atom. The van der Waals surface area contributed by atoms with Gasteiger partial charge < -0.3 is 10.2 Å². The van der Waals surface area contributed by atoms with Crippen LogP contribution in [-0.2, 0) is 22.6 Å². The fourth-order valence-electron chi connectivity index (χ4n) is 3.36. The molecule has 0 bridgehead atoms. The van der Waals surface area contributed by atoms with Crippen LogP contribution >= 0.6 is 23.2 Å². The van der Waals surface area contributed by atoms with Crippen molar-refractivity contribution in [3.05, 3.63) is 69.2 Å². The molecule has 0 aliphatic heterocycles. The summed E-state index contributed by atoms with van der Waals surface area (Å²) in [6.45, 7) is 10.0. The molecular weight excluding hydrogens is 431 g/mol. The number of rotatable bonds is 8. The molecule has 0 saturated carbocycles. The molecule has 2 aromatic carbocycles. The first-order chi connectivity index (χ1) is 14.5. The number of nitrogens with one attached hydrogen (secondary N) is 1. The summed E-state index contributed by atoms with van der Waals surface area (Å²) in [6, 6.07) is 12.9. The largest absolute Gasteiger partial charge is 0.350 e. The lowest BCUT2D eigenvalue weighted by molar-refractivity contribution is -0.142. The summed E-state index contributed by atoms with van der Waals surface area (Å²) in [5.74, 6) is -0.221. The van der Waals surface area contributed by atoms with E-state index < -0.39 is 6.04 Å². The molecule has 1 atom stereocenters. The Labute approximate surface area is 195 Å². The SMILES string of the molecule is CC[C@@H](C(=O)NC(C)(C)C)N(Cc1ccc(Cl)c(Cl)c1)C(=O)CCc1ccc(C)cc1. The highest BCUT2D eigenvalue weighted by Crippen LogP contribution is 2.24. The number of benzene rings is 2. The Morgan fingerprint density at radius 2 is 1.61 bits per heavy atom. The molecule has 0 saturated heterocycles. The average molecular weight is 463 g/mol. The van der Waals surface area contributed by atoms with Crippen LogP contribution in [-0.4, -0.2) is 28.3 Å². The normalized spacial score (nSPS) is 12.4. The predicted octanol–water partition coefficient (Wildman–Crippen LogP) is 5.96. The maximum Gasteiger partial charge on any atom is 0.243 e. The van der Waals surface area contributed by atoms with Crippen LogP contribution in [0.3, 0.4) is 0 Å². The van der Waals surface area contributed by atoms with Gasteiger partial charge >= 0.3 is 0 Å². The fourth-order valence-corrected chi connectivity index (χ4v) is 3.68. The summed E-state index contributed by atoms with van der Waals surface area (Å²) in [5.41, 5.74) is 2.73. The number of halogens is 2. The van der Waals surface area contributed by atoms with Gasteiger partial charge in [0.15, 0.2) is 0 Å². The lowest BCUT2D eigenvalue weighted by Crippen LogP contribution is -2.53. The van der Waals surface area contributed by atoms with Crippen molar-refractivity contribution in [3.8, 4) is 0 Å². The smallest absolute Gasteiger partial charge is 0.243 e. The van der Waals surface area contributed by atoms with Gasteiger partial charge in [0, 0.05) is 18.5 Å². The summed E-state index contributed by atoms with van der Waals surface area (Å²) in [5, 5.41) is 3.90. The van der Waals surface area contributed by atoms with Gasteiger partial charge in [0.1, 0.15) is 6.04 Å². The van der Waals surface area contributed by atoms with Crippen LogP contribution in [0.4, 0.5) is 0 Å². The molecule has 0 radical (unpaired) electrons. The van der Waals surface area contributed by atoms with E-state index in [4.69, 9.17) is 23.2 Å². The second-order valence-corrected chi connectivity index (χ2v) is 9.73. The number of nitrogens with zero attached hydrogens (tertiary/aromatic N) is 1. The molecule has 6 heteroatoms. The molecule has 0 aliphatic carbocycles. The maximum absolute atomic E-state index is 13.3. The van der Waals surface area contributed by atoms with Gasteiger partial charge in [-0.1, -0.05) is 66.0 Å². The van der Waals surface area contributed by atoms with Gasteiger partial charge in [-0.15, -0.1) is 0 Å². The number of carbonyl (C=O) groups is 2. The van der Waals surface area contributed by atoms with E-state index in [0.29, 0.717) is 35.9 Å². The number of hydrogen-bond donors (Lipinski definition) is 1. The summed E-state index contributed by atoms with van der Waals surface area (Å²) >= 11 is 12.2. The van der Waals surface area contributed by atoms with Crippen molar-refractivity contribution in [3.63, 3.8) is 0 Å². The topological polar surface area (TPSA) is 49.4 Å². The molecule has 2 aromatic rings. The van der Waals surface area contributed by atoms with Crippen molar-refractivity contribution in [2.75, 3.05) is 0 Å². The zero-order chi connectivity index (χ0) is 23.2.